The maximum Gasteiger partial charge on any atom is 0.347 e. The first kappa shape index (κ1) is 22.7. The number of allylic oxidation sites excluding steroid dienone is 2. The number of hydrogen-bond acceptors (Lipinski definition) is 4. The lowest BCUT2D eigenvalue weighted by molar-refractivity contribution is -0.171. The Balaban J connectivity index is 4.63. The van der Waals surface area contributed by atoms with E-state index >= 15 is 0 Å². The van der Waals surface area contributed by atoms with E-state index in [1.165, 1.54) is 0 Å². The summed E-state index contributed by atoms with van der Waals surface area (Å²) in [5.41, 5.74) is 0.0626. The average molecular weight is 341 g/mol. The molecule has 4 nitrogen and oxygen atoms in total. The Morgan fingerprint density at radius 2 is 1.54 bits per heavy atom. The zero-order chi connectivity index (χ0) is 19.0. The molecule has 0 amide bonds. The van der Waals surface area contributed by atoms with Gasteiger partial charge >= 0.3 is 11.9 Å². The quantitative estimate of drug-likeness (QED) is 0.418. The summed E-state index contributed by atoms with van der Waals surface area (Å²) in [4.78, 5) is 24.0. The van der Waals surface area contributed by atoms with E-state index in [9.17, 15) is 9.59 Å². The number of esters is 2. The maximum absolute atomic E-state index is 12.1. The van der Waals surface area contributed by atoms with Crippen molar-refractivity contribution in [3.63, 3.8) is 0 Å². The highest BCUT2D eigenvalue weighted by Gasteiger charge is 2.28. The zero-order valence-electron chi connectivity index (χ0n) is 16.8. The van der Waals surface area contributed by atoms with Crippen molar-refractivity contribution in [2.75, 3.05) is 6.61 Å². The van der Waals surface area contributed by atoms with Crippen LogP contribution in [0.25, 0.3) is 0 Å². The number of carbonyl (C=O) groups excluding carboxylic acids is 2. The molecule has 24 heavy (non-hydrogen) atoms. The largest absolute Gasteiger partial charge is 0.463 e. The minimum absolute atomic E-state index is 0.0945. The molecule has 4 heteroatoms. The molecule has 0 fully saturated rings. The molecule has 0 saturated carbocycles. The molecule has 0 bridgehead atoms. The van der Waals surface area contributed by atoms with Gasteiger partial charge in [-0.1, -0.05) is 60.6 Å². The van der Waals surface area contributed by atoms with Gasteiger partial charge in [0.15, 0.2) is 0 Å². The second-order valence-electron chi connectivity index (χ2n) is 8.07. The summed E-state index contributed by atoms with van der Waals surface area (Å²) < 4.78 is 10.3. The molecular formula is C20H36O4. The lowest BCUT2D eigenvalue weighted by atomic mass is 9.82. The first-order valence-corrected chi connectivity index (χ1v) is 9.00. The van der Waals surface area contributed by atoms with E-state index in [1.54, 1.807) is 6.92 Å². The summed E-state index contributed by atoms with van der Waals surface area (Å²) in [6.45, 7) is 16.5. The van der Waals surface area contributed by atoms with Crippen molar-refractivity contribution >= 4 is 11.9 Å². The molecule has 0 heterocycles. The fourth-order valence-electron chi connectivity index (χ4n) is 1.96. The summed E-state index contributed by atoms with van der Waals surface area (Å²) in [7, 11) is 0. The van der Waals surface area contributed by atoms with Gasteiger partial charge in [0.05, 0.1) is 6.61 Å². The predicted molar refractivity (Wildman–Crippen MR) is 97.6 cm³/mol. The van der Waals surface area contributed by atoms with E-state index in [0.717, 1.165) is 6.42 Å². The lowest BCUT2D eigenvalue weighted by Gasteiger charge is -2.24. The molecule has 0 aliphatic rings. The molecule has 0 aromatic heterocycles. The summed E-state index contributed by atoms with van der Waals surface area (Å²) in [6, 6.07) is 0. The maximum atomic E-state index is 12.1. The number of ether oxygens (including phenoxy) is 2. The molecule has 140 valence electrons. The number of carbonyl (C=O) groups is 2. The van der Waals surface area contributed by atoms with Crippen molar-refractivity contribution in [1.29, 1.82) is 0 Å². The molecule has 0 saturated heterocycles. The van der Waals surface area contributed by atoms with Crippen LogP contribution in [0, 0.1) is 16.7 Å². The normalized spacial score (nSPS) is 14.0. The number of rotatable bonds is 10. The van der Waals surface area contributed by atoms with Crippen LogP contribution in [0.2, 0.25) is 0 Å². The third kappa shape index (κ3) is 9.09. The first-order valence-electron chi connectivity index (χ1n) is 9.00. The lowest BCUT2D eigenvalue weighted by Crippen LogP contribution is -2.34. The summed E-state index contributed by atoms with van der Waals surface area (Å²) in [5.74, 6) is -0.922. The van der Waals surface area contributed by atoms with Crippen molar-refractivity contribution in [2.45, 2.75) is 80.8 Å². The molecule has 0 aromatic rings. The van der Waals surface area contributed by atoms with Crippen LogP contribution in [0.4, 0.5) is 0 Å². The Morgan fingerprint density at radius 3 is 2.00 bits per heavy atom. The Hall–Kier alpha value is -1.32. The molecular weight excluding hydrogens is 304 g/mol. The van der Waals surface area contributed by atoms with Crippen molar-refractivity contribution < 1.29 is 19.1 Å². The summed E-state index contributed by atoms with van der Waals surface area (Å²) >= 11 is 0. The molecule has 0 N–H and O–H groups in total. The first-order chi connectivity index (χ1) is 10.9. The highest BCUT2D eigenvalue weighted by atomic mass is 16.6. The van der Waals surface area contributed by atoms with Gasteiger partial charge < -0.3 is 9.47 Å². The molecule has 0 aromatic carbocycles. The topological polar surface area (TPSA) is 52.6 Å². The standard InChI is InChI=1S/C20H36O4/c1-9-19(5,6)13-14-20(7,8)12-11-16(21)24-17(15(3)4)18(22)23-10-2/h13-15,17H,9-12H2,1-8H3/b14-13-. The van der Waals surface area contributed by atoms with Crippen LogP contribution in [0.3, 0.4) is 0 Å². The molecule has 0 rings (SSSR count). The average Bonchev–Trinajstić information content (AvgIpc) is 2.49. The van der Waals surface area contributed by atoms with E-state index in [-0.39, 0.29) is 35.7 Å². The van der Waals surface area contributed by atoms with E-state index < -0.39 is 12.1 Å². The minimum Gasteiger partial charge on any atom is -0.463 e. The molecule has 0 aliphatic carbocycles. The molecule has 1 atom stereocenters. The fraction of sp³-hybridized carbons (Fsp3) is 0.800. The van der Waals surface area contributed by atoms with Crippen LogP contribution in [0.15, 0.2) is 12.2 Å². The summed E-state index contributed by atoms with van der Waals surface area (Å²) in [5, 5.41) is 0. The molecule has 0 aliphatic heterocycles. The fourth-order valence-corrected chi connectivity index (χ4v) is 1.96. The third-order valence-electron chi connectivity index (χ3n) is 4.25. The van der Waals surface area contributed by atoms with Gasteiger partial charge in [-0.2, -0.15) is 0 Å². The van der Waals surface area contributed by atoms with Gasteiger partial charge in [0.2, 0.25) is 6.10 Å². The zero-order valence-corrected chi connectivity index (χ0v) is 16.8. The Bertz CT molecular complexity index is 433. The van der Waals surface area contributed by atoms with Crippen molar-refractivity contribution in [2.24, 2.45) is 16.7 Å². The predicted octanol–water partition coefficient (Wildman–Crippen LogP) is 4.92. The van der Waals surface area contributed by atoms with Crippen LogP contribution in [0.5, 0.6) is 0 Å². The van der Waals surface area contributed by atoms with Crippen LogP contribution >= 0.6 is 0 Å². The van der Waals surface area contributed by atoms with Crippen LogP contribution < -0.4 is 0 Å². The highest BCUT2D eigenvalue weighted by Crippen LogP contribution is 2.29. The Labute approximate surface area is 148 Å². The third-order valence-corrected chi connectivity index (χ3v) is 4.25. The van der Waals surface area contributed by atoms with Crippen molar-refractivity contribution in [1.82, 2.24) is 0 Å². The highest BCUT2D eigenvalue weighted by molar-refractivity contribution is 5.79. The number of hydrogen-bond donors (Lipinski definition) is 0. The Kier molecular flexibility index (Phi) is 9.31. The van der Waals surface area contributed by atoms with E-state index in [0.29, 0.717) is 6.42 Å². The molecule has 0 spiro atoms. The van der Waals surface area contributed by atoms with Gasteiger partial charge in [0.1, 0.15) is 0 Å². The van der Waals surface area contributed by atoms with E-state index in [4.69, 9.17) is 9.47 Å². The Morgan fingerprint density at radius 1 is 1.00 bits per heavy atom. The van der Waals surface area contributed by atoms with Gasteiger partial charge in [-0.3, -0.25) is 4.79 Å². The molecule has 0 radical (unpaired) electrons. The SMILES string of the molecule is CCOC(=O)C(OC(=O)CCC(C)(C)/C=C\C(C)(C)CC)C(C)C. The van der Waals surface area contributed by atoms with Crippen LogP contribution in [-0.4, -0.2) is 24.6 Å². The van der Waals surface area contributed by atoms with Gasteiger partial charge in [0.25, 0.3) is 0 Å². The molecule has 1 unspecified atom stereocenters. The van der Waals surface area contributed by atoms with Crippen LogP contribution in [-0.2, 0) is 19.1 Å². The van der Waals surface area contributed by atoms with Gasteiger partial charge in [0, 0.05) is 12.3 Å². The minimum atomic E-state index is -0.824. The van der Waals surface area contributed by atoms with Crippen molar-refractivity contribution in [3.05, 3.63) is 12.2 Å². The van der Waals surface area contributed by atoms with Gasteiger partial charge in [-0.05, 0) is 30.6 Å². The van der Waals surface area contributed by atoms with Crippen LogP contribution in [0.1, 0.15) is 74.7 Å². The van der Waals surface area contributed by atoms with Gasteiger partial charge in [-0.25, -0.2) is 4.79 Å². The van der Waals surface area contributed by atoms with Crippen molar-refractivity contribution in [3.8, 4) is 0 Å². The summed E-state index contributed by atoms with van der Waals surface area (Å²) in [6.07, 6.45) is 5.60. The second kappa shape index (κ2) is 9.85. The van der Waals surface area contributed by atoms with Gasteiger partial charge in [-0.15, -0.1) is 0 Å². The van der Waals surface area contributed by atoms with E-state index in [2.05, 4.69) is 46.8 Å². The monoisotopic (exact) mass is 340 g/mol. The van der Waals surface area contributed by atoms with E-state index in [1.807, 2.05) is 13.8 Å². The smallest absolute Gasteiger partial charge is 0.347 e. The second-order valence-corrected chi connectivity index (χ2v) is 8.07.